The Balaban J connectivity index is 0.000000853. The van der Waals surface area contributed by atoms with Gasteiger partial charge in [0.1, 0.15) is 5.82 Å². The summed E-state index contributed by atoms with van der Waals surface area (Å²) in [5.41, 5.74) is 1.17. The van der Waals surface area contributed by atoms with E-state index in [-0.39, 0.29) is 18.2 Å². The molecule has 0 amide bonds. The topological polar surface area (TPSA) is 12.0 Å². The zero-order valence-corrected chi connectivity index (χ0v) is 9.27. The molecule has 3 rings (SSSR count). The maximum Gasteiger partial charge on any atom is 0.123 e. The van der Waals surface area contributed by atoms with Gasteiger partial charge in [0.05, 0.1) is 0 Å². The van der Waals surface area contributed by atoms with E-state index in [9.17, 15) is 4.39 Å². The van der Waals surface area contributed by atoms with E-state index in [0.717, 1.165) is 0 Å². The summed E-state index contributed by atoms with van der Waals surface area (Å²) in [6, 6.07) is 8.36. The SMILES string of the molecule is Cl.Fc1cccc(C2CC3CCC2N3)c1. The standard InChI is InChI=1S/C12H14FN.ClH/c13-9-3-1-2-8(6-9)11-7-10-4-5-12(11)14-10;/h1-3,6,10-12,14H,4-5,7H2;1H. The van der Waals surface area contributed by atoms with Crippen molar-refractivity contribution in [3.05, 3.63) is 35.6 Å². The average molecular weight is 228 g/mol. The molecule has 3 unspecified atom stereocenters. The molecular formula is C12H15ClFN. The van der Waals surface area contributed by atoms with Crippen molar-refractivity contribution < 1.29 is 4.39 Å². The summed E-state index contributed by atoms with van der Waals surface area (Å²) in [6.45, 7) is 0. The van der Waals surface area contributed by atoms with Crippen LogP contribution in [0.25, 0.3) is 0 Å². The van der Waals surface area contributed by atoms with Crippen LogP contribution in [0.5, 0.6) is 0 Å². The quantitative estimate of drug-likeness (QED) is 0.778. The third-order valence-corrected chi connectivity index (χ3v) is 3.58. The number of hydrogen-bond acceptors (Lipinski definition) is 1. The third-order valence-electron chi connectivity index (χ3n) is 3.58. The van der Waals surface area contributed by atoms with Gasteiger partial charge in [-0.15, -0.1) is 12.4 Å². The van der Waals surface area contributed by atoms with Crippen LogP contribution in [0.15, 0.2) is 24.3 Å². The highest BCUT2D eigenvalue weighted by atomic mass is 35.5. The van der Waals surface area contributed by atoms with Gasteiger partial charge in [-0.2, -0.15) is 0 Å². The lowest BCUT2D eigenvalue weighted by Gasteiger charge is -2.20. The van der Waals surface area contributed by atoms with Gasteiger partial charge in [0.2, 0.25) is 0 Å². The maximum atomic E-state index is 13.0. The molecule has 3 heteroatoms. The first-order chi connectivity index (χ1) is 6.83. The predicted molar refractivity (Wildman–Crippen MR) is 61.0 cm³/mol. The number of rotatable bonds is 1. The molecule has 82 valence electrons. The zero-order valence-electron chi connectivity index (χ0n) is 8.45. The number of benzene rings is 1. The minimum atomic E-state index is -0.106. The lowest BCUT2D eigenvalue weighted by Crippen LogP contribution is -2.21. The molecule has 0 spiro atoms. The summed E-state index contributed by atoms with van der Waals surface area (Å²) in [5.74, 6) is 0.440. The van der Waals surface area contributed by atoms with E-state index in [0.29, 0.717) is 18.0 Å². The molecule has 0 radical (unpaired) electrons. The zero-order chi connectivity index (χ0) is 9.54. The Morgan fingerprint density at radius 3 is 2.73 bits per heavy atom. The predicted octanol–water partition coefficient (Wildman–Crippen LogP) is 2.86. The van der Waals surface area contributed by atoms with Gasteiger partial charge in [0.25, 0.3) is 0 Å². The number of nitrogens with one attached hydrogen (secondary N) is 1. The Labute approximate surface area is 95.5 Å². The van der Waals surface area contributed by atoms with E-state index in [2.05, 4.69) is 11.4 Å². The molecule has 2 bridgehead atoms. The molecule has 15 heavy (non-hydrogen) atoms. The minimum absolute atomic E-state index is 0. The van der Waals surface area contributed by atoms with E-state index in [1.807, 2.05) is 6.07 Å². The van der Waals surface area contributed by atoms with Gasteiger partial charge in [0, 0.05) is 18.0 Å². The molecule has 2 heterocycles. The molecule has 1 N–H and O–H groups in total. The second-order valence-electron chi connectivity index (χ2n) is 4.44. The van der Waals surface area contributed by atoms with Gasteiger partial charge in [0.15, 0.2) is 0 Å². The van der Waals surface area contributed by atoms with E-state index in [1.165, 1.54) is 30.9 Å². The van der Waals surface area contributed by atoms with Crippen LogP contribution in [0.1, 0.15) is 30.7 Å². The molecule has 2 fully saturated rings. The van der Waals surface area contributed by atoms with Crippen molar-refractivity contribution in [3.63, 3.8) is 0 Å². The highest BCUT2D eigenvalue weighted by molar-refractivity contribution is 5.85. The van der Waals surface area contributed by atoms with Crippen LogP contribution in [-0.2, 0) is 0 Å². The van der Waals surface area contributed by atoms with Gasteiger partial charge >= 0.3 is 0 Å². The van der Waals surface area contributed by atoms with E-state index in [1.54, 1.807) is 6.07 Å². The van der Waals surface area contributed by atoms with Crippen molar-refractivity contribution in [1.82, 2.24) is 5.32 Å². The molecule has 0 aromatic heterocycles. The van der Waals surface area contributed by atoms with E-state index < -0.39 is 0 Å². The van der Waals surface area contributed by atoms with Gasteiger partial charge in [-0.05, 0) is 37.0 Å². The normalized spacial score (nSPS) is 32.7. The molecule has 1 aromatic rings. The van der Waals surface area contributed by atoms with Crippen LogP contribution in [0.2, 0.25) is 0 Å². The Hall–Kier alpha value is -0.600. The van der Waals surface area contributed by atoms with Crippen molar-refractivity contribution in [2.24, 2.45) is 0 Å². The summed E-state index contributed by atoms with van der Waals surface area (Å²) in [6.07, 6.45) is 3.75. The number of hydrogen-bond donors (Lipinski definition) is 1. The fraction of sp³-hybridized carbons (Fsp3) is 0.500. The van der Waals surface area contributed by atoms with E-state index >= 15 is 0 Å². The highest BCUT2D eigenvalue weighted by Crippen LogP contribution is 2.39. The third kappa shape index (κ3) is 1.88. The van der Waals surface area contributed by atoms with Gasteiger partial charge in [-0.3, -0.25) is 0 Å². The van der Waals surface area contributed by atoms with E-state index in [4.69, 9.17) is 0 Å². The molecule has 2 saturated heterocycles. The van der Waals surface area contributed by atoms with Crippen LogP contribution in [-0.4, -0.2) is 12.1 Å². The largest absolute Gasteiger partial charge is 0.311 e. The minimum Gasteiger partial charge on any atom is -0.311 e. The molecule has 1 nitrogen and oxygen atoms in total. The number of fused-ring (bicyclic) bond motifs is 2. The van der Waals surface area contributed by atoms with Crippen molar-refractivity contribution in [2.45, 2.75) is 37.3 Å². The average Bonchev–Trinajstić information content (AvgIpc) is 2.78. The fourth-order valence-corrected chi connectivity index (χ4v) is 2.93. The van der Waals surface area contributed by atoms with Gasteiger partial charge in [-0.25, -0.2) is 4.39 Å². The first-order valence-electron chi connectivity index (χ1n) is 5.34. The van der Waals surface area contributed by atoms with Crippen molar-refractivity contribution in [2.75, 3.05) is 0 Å². The highest BCUT2D eigenvalue weighted by Gasteiger charge is 2.39. The van der Waals surface area contributed by atoms with Gasteiger partial charge in [-0.1, -0.05) is 12.1 Å². The summed E-state index contributed by atoms with van der Waals surface area (Å²) < 4.78 is 13.0. The molecule has 0 aliphatic carbocycles. The van der Waals surface area contributed by atoms with Crippen molar-refractivity contribution >= 4 is 12.4 Å². The first kappa shape index (κ1) is 10.9. The second kappa shape index (κ2) is 4.11. The maximum absolute atomic E-state index is 13.0. The molecule has 0 saturated carbocycles. The monoisotopic (exact) mass is 227 g/mol. The van der Waals surface area contributed by atoms with Crippen LogP contribution >= 0.6 is 12.4 Å². The summed E-state index contributed by atoms with van der Waals surface area (Å²) >= 11 is 0. The smallest absolute Gasteiger partial charge is 0.123 e. The van der Waals surface area contributed by atoms with Crippen LogP contribution in [0.3, 0.4) is 0 Å². The lowest BCUT2D eigenvalue weighted by molar-refractivity contribution is 0.503. The van der Waals surface area contributed by atoms with Crippen molar-refractivity contribution in [1.29, 1.82) is 0 Å². The molecule has 2 aliphatic rings. The molecule has 3 atom stereocenters. The lowest BCUT2D eigenvalue weighted by atomic mass is 9.84. The molecule has 2 aliphatic heterocycles. The Morgan fingerprint density at radius 1 is 1.27 bits per heavy atom. The summed E-state index contributed by atoms with van der Waals surface area (Å²) in [4.78, 5) is 0. The van der Waals surface area contributed by atoms with Crippen LogP contribution in [0, 0.1) is 5.82 Å². The van der Waals surface area contributed by atoms with Crippen LogP contribution < -0.4 is 5.32 Å². The number of halogens is 2. The molecular weight excluding hydrogens is 213 g/mol. The summed E-state index contributed by atoms with van der Waals surface area (Å²) in [5, 5.41) is 3.57. The Bertz CT molecular complexity index is 355. The van der Waals surface area contributed by atoms with Crippen LogP contribution in [0.4, 0.5) is 4.39 Å². The Kier molecular flexibility index (Phi) is 2.98. The summed E-state index contributed by atoms with van der Waals surface area (Å²) in [7, 11) is 0. The fourth-order valence-electron chi connectivity index (χ4n) is 2.93. The van der Waals surface area contributed by atoms with Crippen molar-refractivity contribution in [3.8, 4) is 0 Å². The Morgan fingerprint density at radius 2 is 2.13 bits per heavy atom. The van der Waals surface area contributed by atoms with Gasteiger partial charge < -0.3 is 5.32 Å². The second-order valence-corrected chi connectivity index (χ2v) is 4.44. The molecule has 1 aromatic carbocycles. The first-order valence-corrected chi connectivity index (χ1v) is 5.34.